The first kappa shape index (κ1) is 19.9. The summed E-state index contributed by atoms with van der Waals surface area (Å²) in [6.45, 7) is 0. The molecule has 0 aliphatic heterocycles. The summed E-state index contributed by atoms with van der Waals surface area (Å²) in [5.41, 5.74) is 4.67. The average Bonchev–Trinajstić information content (AvgIpc) is 3.12. The maximum absolute atomic E-state index is 4.86. The third-order valence-electron chi connectivity index (χ3n) is 6.60. The third kappa shape index (κ3) is 3.93. The van der Waals surface area contributed by atoms with Gasteiger partial charge in [0.15, 0.2) is 0 Å². The van der Waals surface area contributed by atoms with Gasteiger partial charge in [0.1, 0.15) is 5.65 Å². The number of nitrogens with one attached hydrogen (secondary N) is 2. The van der Waals surface area contributed by atoms with E-state index in [0.29, 0.717) is 12.0 Å². The van der Waals surface area contributed by atoms with Gasteiger partial charge < -0.3 is 10.3 Å². The molecular formula is C27H26N6. The quantitative estimate of drug-likeness (QED) is 0.321. The van der Waals surface area contributed by atoms with Gasteiger partial charge in [-0.3, -0.25) is 4.98 Å². The fourth-order valence-electron chi connectivity index (χ4n) is 4.88. The predicted molar refractivity (Wildman–Crippen MR) is 133 cm³/mol. The van der Waals surface area contributed by atoms with Crippen LogP contribution in [0.2, 0.25) is 0 Å². The van der Waals surface area contributed by atoms with Crippen molar-refractivity contribution in [1.29, 1.82) is 0 Å². The third-order valence-corrected chi connectivity index (χ3v) is 6.60. The zero-order chi connectivity index (χ0) is 22.0. The summed E-state index contributed by atoms with van der Waals surface area (Å²) in [6.07, 6.45) is 15.1. The average molecular weight is 435 g/mol. The number of H-pyrrole nitrogens is 1. The van der Waals surface area contributed by atoms with Crippen LogP contribution in [0, 0.1) is 0 Å². The van der Waals surface area contributed by atoms with Gasteiger partial charge in [-0.05, 0) is 36.4 Å². The number of aromatic nitrogens is 5. The highest BCUT2D eigenvalue weighted by Gasteiger charge is 2.15. The Morgan fingerprint density at radius 1 is 0.848 bits per heavy atom. The van der Waals surface area contributed by atoms with Crippen LogP contribution >= 0.6 is 0 Å². The van der Waals surface area contributed by atoms with E-state index in [1.165, 1.54) is 43.9 Å². The highest BCUT2D eigenvalue weighted by Crippen LogP contribution is 2.32. The summed E-state index contributed by atoms with van der Waals surface area (Å²) in [7, 11) is 0. The second kappa shape index (κ2) is 8.62. The normalized spacial score (nSPS) is 15.0. The lowest BCUT2D eigenvalue weighted by atomic mass is 10.0. The molecule has 6 heteroatoms. The van der Waals surface area contributed by atoms with Crippen LogP contribution in [0.25, 0.3) is 44.3 Å². The number of hydrogen-bond acceptors (Lipinski definition) is 5. The lowest BCUT2D eigenvalue weighted by Gasteiger charge is -2.16. The minimum atomic E-state index is 0.455. The zero-order valence-corrected chi connectivity index (χ0v) is 18.5. The molecule has 1 aliphatic rings. The number of rotatable bonds is 4. The van der Waals surface area contributed by atoms with Gasteiger partial charge in [-0.2, -0.15) is 0 Å². The van der Waals surface area contributed by atoms with Crippen molar-refractivity contribution in [2.75, 3.05) is 5.32 Å². The summed E-state index contributed by atoms with van der Waals surface area (Å²) < 4.78 is 0. The van der Waals surface area contributed by atoms with Crippen molar-refractivity contribution >= 4 is 27.8 Å². The molecule has 4 heterocycles. The molecule has 0 bridgehead atoms. The zero-order valence-electron chi connectivity index (χ0n) is 18.5. The van der Waals surface area contributed by atoms with Gasteiger partial charge in [0.2, 0.25) is 5.95 Å². The van der Waals surface area contributed by atoms with Crippen molar-refractivity contribution in [2.24, 2.45) is 0 Å². The van der Waals surface area contributed by atoms with E-state index in [2.05, 4.69) is 43.5 Å². The number of aromatic amines is 1. The second-order valence-electron chi connectivity index (χ2n) is 8.80. The van der Waals surface area contributed by atoms with Gasteiger partial charge in [0, 0.05) is 52.7 Å². The largest absolute Gasteiger partial charge is 0.351 e. The molecular weight excluding hydrogens is 408 g/mol. The smallest absolute Gasteiger partial charge is 0.223 e. The van der Waals surface area contributed by atoms with Gasteiger partial charge >= 0.3 is 0 Å². The fraction of sp³-hybridized carbons (Fsp3) is 0.259. The summed E-state index contributed by atoms with van der Waals surface area (Å²) in [4.78, 5) is 22.0. The van der Waals surface area contributed by atoms with E-state index >= 15 is 0 Å². The van der Waals surface area contributed by atoms with E-state index in [1.54, 1.807) is 0 Å². The van der Waals surface area contributed by atoms with E-state index in [9.17, 15) is 0 Å². The predicted octanol–water partition coefficient (Wildman–Crippen LogP) is 6.37. The van der Waals surface area contributed by atoms with Crippen molar-refractivity contribution in [1.82, 2.24) is 24.9 Å². The van der Waals surface area contributed by atoms with Crippen molar-refractivity contribution in [2.45, 2.75) is 44.6 Å². The Kier molecular flexibility index (Phi) is 5.19. The van der Waals surface area contributed by atoms with Crippen LogP contribution in [0.3, 0.4) is 0 Å². The van der Waals surface area contributed by atoms with Gasteiger partial charge in [-0.1, -0.05) is 49.9 Å². The Balaban J connectivity index is 1.38. The van der Waals surface area contributed by atoms with E-state index in [4.69, 9.17) is 4.98 Å². The van der Waals surface area contributed by atoms with Crippen molar-refractivity contribution in [3.63, 3.8) is 0 Å². The summed E-state index contributed by atoms with van der Waals surface area (Å²) in [5.74, 6) is 0.702. The van der Waals surface area contributed by atoms with Crippen LogP contribution in [0.15, 0.2) is 67.3 Å². The number of benzene rings is 1. The van der Waals surface area contributed by atoms with Crippen molar-refractivity contribution in [3.8, 4) is 22.5 Å². The summed E-state index contributed by atoms with van der Waals surface area (Å²) in [6, 6.07) is 14.9. The number of hydrogen-bond donors (Lipinski definition) is 2. The Morgan fingerprint density at radius 3 is 2.61 bits per heavy atom. The highest BCUT2D eigenvalue weighted by atomic mass is 15.1. The standard InChI is InChI=1S/C27H26N6/c1-2-4-9-20(8-3-1)32-27-29-14-12-24(33-27)23-17-31-26-22(23)15-19(16-30-26)25-21-10-6-5-7-18(21)11-13-28-25/h5-7,10-17,20H,1-4,8-9H2,(H,30,31)(H,29,32,33). The molecule has 0 amide bonds. The Bertz CT molecular complexity index is 1410. The van der Waals surface area contributed by atoms with E-state index in [0.717, 1.165) is 38.9 Å². The molecule has 2 N–H and O–H groups in total. The molecule has 164 valence electrons. The van der Waals surface area contributed by atoms with Crippen molar-refractivity contribution < 1.29 is 0 Å². The SMILES string of the molecule is c1ccc2c(-c3cnc4[nH]cc(-c5ccnc(NC6CCCCCC6)n5)c4c3)nccc2c1. The molecule has 1 saturated carbocycles. The molecule has 0 unspecified atom stereocenters. The summed E-state index contributed by atoms with van der Waals surface area (Å²) >= 11 is 0. The lowest BCUT2D eigenvalue weighted by Crippen LogP contribution is -2.19. The molecule has 0 spiro atoms. The van der Waals surface area contributed by atoms with Crippen molar-refractivity contribution in [3.05, 3.63) is 67.3 Å². The number of pyridine rings is 2. The van der Waals surface area contributed by atoms with Gasteiger partial charge in [-0.15, -0.1) is 0 Å². The lowest BCUT2D eigenvalue weighted by molar-refractivity contribution is 0.615. The fourth-order valence-corrected chi connectivity index (χ4v) is 4.88. The number of fused-ring (bicyclic) bond motifs is 2. The number of anilines is 1. The molecule has 33 heavy (non-hydrogen) atoms. The number of nitrogens with zero attached hydrogens (tertiary/aromatic N) is 4. The minimum Gasteiger partial charge on any atom is -0.351 e. The monoisotopic (exact) mass is 434 g/mol. The van der Waals surface area contributed by atoms with Gasteiger partial charge in [-0.25, -0.2) is 15.0 Å². The topological polar surface area (TPSA) is 79.4 Å². The molecule has 1 aromatic carbocycles. The van der Waals surface area contributed by atoms with E-state index in [1.807, 2.05) is 49.1 Å². The molecule has 1 fully saturated rings. The van der Waals surface area contributed by atoms with Crippen LogP contribution in [0.1, 0.15) is 38.5 Å². The molecule has 6 rings (SSSR count). The molecule has 5 aromatic rings. The van der Waals surface area contributed by atoms with Gasteiger partial charge in [0.25, 0.3) is 0 Å². The maximum Gasteiger partial charge on any atom is 0.223 e. The molecule has 0 atom stereocenters. The molecule has 0 radical (unpaired) electrons. The maximum atomic E-state index is 4.86. The minimum absolute atomic E-state index is 0.455. The summed E-state index contributed by atoms with van der Waals surface area (Å²) in [5, 5.41) is 6.89. The van der Waals surface area contributed by atoms with Crippen LogP contribution in [-0.4, -0.2) is 31.0 Å². The van der Waals surface area contributed by atoms with Crippen LogP contribution in [0.4, 0.5) is 5.95 Å². The van der Waals surface area contributed by atoms with E-state index < -0.39 is 0 Å². The Labute approximate surface area is 192 Å². The second-order valence-corrected chi connectivity index (χ2v) is 8.80. The van der Waals surface area contributed by atoms with Crippen LogP contribution in [-0.2, 0) is 0 Å². The van der Waals surface area contributed by atoms with Crippen LogP contribution < -0.4 is 5.32 Å². The first-order valence-electron chi connectivity index (χ1n) is 11.8. The first-order chi connectivity index (χ1) is 16.3. The van der Waals surface area contributed by atoms with E-state index in [-0.39, 0.29) is 0 Å². The molecule has 1 aliphatic carbocycles. The molecule has 4 aromatic heterocycles. The highest BCUT2D eigenvalue weighted by molar-refractivity contribution is 5.99. The molecule has 0 saturated heterocycles. The van der Waals surface area contributed by atoms with Gasteiger partial charge in [0.05, 0.1) is 11.4 Å². The first-order valence-corrected chi connectivity index (χ1v) is 11.8. The van der Waals surface area contributed by atoms with Crippen LogP contribution in [0.5, 0.6) is 0 Å². The Hall–Kier alpha value is -3.80. The Morgan fingerprint density at radius 2 is 1.70 bits per heavy atom. The molecule has 6 nitrogen and oxygen atoms in total.